The van der Waals surface area contributed by atoms with Gasteiger partial charge in [0.05, 0.1) is 0 Å². The minimum atomic E-state index is -0.0583. The van der Waals surface area contributed by atoms with Gasteiger partial charge in [0.2, 0.25) is 11.8 Å². The summed E-state index contributed by atoms with van der Waals surface area (Å²) in [6.07, 6.45) is 2.58. The zero-order chi connectivity index (χ0) is 17.9. The smallest absolute Gasteiger partial charge is 0.247 e. The summed E-state index contributed by atoms with van der Waals surface area (Å²) in [6.45, 7) is 6.53. The van der Waals surface area contributed by atoms with Crippen molar-refractivity contribution in [3.63, 3.8) is 0 Å². The Bertz CT molecular complexity index is 869. The van der Waals surface area contributed by atoms with Gasteiger partial charge >= 0.3 is 0 Å². The maximum atomic E-state index is 5.85. The van der Waals surface area contributed by atoms with Crippen LogP contribution in [0.1, 0.15) is 37.3 Å². The van der Waals surface area contributed by atoms with Crippen LogP contribution in [0.4, 0.5) is 11.4 Å². The number of anilines is 2. The Morgan fingerprint density at radius 3 is 2.54 bits per heavy atom. The lowest BCUT2D eigenvalue weighted by Crippen LogP contribution is -2.18. The van der Waals surface area contributed by atoms with E-state index in [9.17, 15) is 0 Å². The molecule has 3 aromatic rings. The molecule has 1 aromatic heterocycles. The topological polar surface area (TPSA) is 54.2 Å². The molecule has 0 amide bonds. The molecule has 1 N–H and O–H groups in total. The van der Waals surface area contributed by atoms with Crippen molar-refractivity contribution in [1.29, 1.82) is 0 Å². The molecule has 0 bridgehead atoms. The van der Waals surface area contributed by atoms with Crippen LogP contribution in [-0.4, -0.2) is 23.3 Å². The molecular formula is C21H24N4O. The molecule has 0 spiro atoms. The fourth-order valence-electron chi connectivity index (χ4n) is 3.48. The molecule has 134 valence electrons. The van der Waals surface area contributed by atoms with Crippen LogP contribution in [-0.2, 0) is 0 Å². The summed E-state index contributed by atoms with van der Waals surface area (Å²) < 4.78 is 5.85. The lowest BCUT2D eigenvalue weighted by atomic mass is 10.1. The number of rotatable bonds is 5. The van der Waals surface area contributed by atoms with E-state index in [4.69, 9.17) is 4.42 Å². The Hall–Kier alpha value is -2.82. The van der Waals surface area contributed by atoms with Crippen LogP contribution in [0.25, 0.3) is 11.5 Å². The molecule has 0 saturated carbocycles. The third-order valence-electron chi connectivity index (χ3n) is 4.86. The van der Waals surface area contributed by atoms with Gasteiger partial charge in [-0.05, 0) is 62.6 Å². The number of nitrogens with zero attached hydrogens (tertiary/aromatic N) is 3. The lowest BCUT2D eigenvalue weighted by molar-refractivity contribution is 0.485. The van der Waals surface area contributed by atoms with Crippen LogP contribution < -0.4 is 10.2 Å². The molecule has 1 aliphatic heterocycles. The summed E-state index contributed by atoms with van der Waals surface area (Å²) in [4.78, 5) is 2.46. The predicted molar refractivity (Wildman–Crippen MR) is 104 cm³/mol. The van der Waals surface area contributed by atoms with Crippen LogP contribution in [0.5, 0.6) is 0 Å². The van der Waals surface area contributed by atoms with Crippen LogP contribution in [0.2, 0.25) is 0 Å². The SMILES string of the molecule is Cc1cc(N[C@H](C)c2nnc(-c3ccccc3)o2)ccc1N1CCCC1. The zero-order valence-electron chi connectivity index (χ0n) is 15.3. The lowest BCUT2D eigenvalue weighted by Gasteiger charge is -2.21. The second-order valence-corrected chi connectivity index (χ2v) is 6.87. The highest BCUT2D eigenvalue weighted by Gasteiger charge is 2.17. The highest BCUT2D eigenvalue weighted by molar-refractivity contribution is 5.61. The summed E-state index contributed by atoms with van der Waals surface area (Å²) >= 11 is 0. The fraction of sp³-hybridized carbons (Fsp3) is 0.333. The predicted octanol–water partition coefficient (Wildman–Crippen LogP) is 4.82. The second-order valence-electron chi connectivity index (χ2n) is 6.87. The highest BCUT2D eigenvalue weighted by Crippen LogP contribution is 2.28. The summed E-state index contributed by atoms with van der Waals surface area (Å²) in [7, 11) is 0. The van der Waals surface area contributed by atoms with E-state index >= 15 is 0 Å². The van der Waals surface area contributed by atoms with Gasteiger partial charge in [-0.3, -0.25) is 0 Å². The average Bonchev–Trinajstić information content (AvgIpc) is 3.35. The van der Waals surface area contributed by atoms with E-state index in [1.54, 1.807) is 0 Å². The molecule has 0 radical (unpaired) electrons. The second kappa shape index (κ2) is 7.20. The molecule has 1 atom stereocenters. The third-order valence-corrected chi connectivity index (χ3v) is 4.86. The molecule has 26 heavy (non-hydrogen) atoms. The standard InChI is InChI=1S/C21H24N4O/c1-15-14-18(10-11-19(15)25-12-6-7-13-25)22-16(2)20-23-24-21(26-20)17-8-4-3-5-9-17/h3-5,8-11,14,16,22H,6-7,12-13H2,1-2H3/t16-/m1/s1. The molecule has 2 aromatic carbocycles. The van der Waals surface area contributed by atoms with Crippen LogP contribution in [0.15, 0.2) is 52.9 Å². The average molecular weight is 348 g/mol. The highest BCUT2D eigenvalue weighted by atomic mass is 16.4. The first kappa shape index (κ1) is 16.6. The van der Waals surface area contributed by atoms with Gasteiger partial charge in [0.15, 0.2) is 0 Å². The first-order chi connectivity index (χ1) is 12.7. The van der Waals surface area contributed by atoms with E-state index < -0.39 is 0 Å². The van der Waals surface area contributed by atoms with E-state index in [0.717, 1.165) is 24.3 Å². The Kier molecular flexibility index (Phi) is 4.61. The molecule has 2 heterocycles. The summed E-state index contributed by atoms with van der Waals surface area (Å²) in [6, 6.07) is 16.3. The quantitative estimate of drug-likeness (QED) is 0.716. The van der Waals surface area contributed by atoms with Crippen molar-refractivity contribution >= 4 is 11.4 Å². The Morgan fingerprint density at radius 2 is 1.81 bits per heavy atom. The monoisotopic (exact) mass is 348 g/mol. The van der Waals surface area contributed by atoms with Gasteiger partial charge in [-0.1, -0.05) is 18.2 Å². The number of hydrogen-bond donors (Lipinski definition) is 1. The van der Waals surface area contributed by atoms with Crippen molar-refractivity contribution in [3.8, 4) is 11.5 Å². The molecule has 0 unspecified atom stereocenters. The van der Waals surface area contributed by atoms with Crippen LogP contribution in [0.3, 0.4) is 0 Å². The normalized spacial score (nSPS) is 15.2. The first-order valence-electron chi connectivity index (χ1n) is 9.21. The van der Waals surface area contributed by atoms with Crippen molar-refractivity contribution < 1.29 is 4.42 Å². The zero-order valence-corrected chi connectivity index (χ0v) is 15.3. The van der Waals surface area contributed by atoms with Gasteiger partial charge in [0, 0.05) is 30.0 Å². The number of aromatic nitrogens is 2. The fourth-order valence-corrected chi connectivity index (χ4v) is 3.48. The molecule has 4 rings (SSSR count). The van der Waals surface area contributed by atoms with Gasteiger partial charge in [0.25, 0.3) is 0 Å². The van der Waals surface area contributed by atoms with E-state index in [-0.39, 0.29) is 6.04 Å². The van der Waals surface area contributed by atoms with Crippen molar-refractivity contribution in [2.75, 3.05) is 23.3 Å². The number of benzene rings is 2. The minimum Gasteiger partial charge on any atom is -0.418 e. The van der Waals surface area contributed by atoms with Gasteiger partial charge in [-0.15, -0.1) is 10.2 Å². The van der Waals surface area contributed by atoms with E-state index in [1.165, 1.54) is 24.1 Å². The van der Waals surface area contributed by atoms with Crippen molar-refractivity contribution in [2.45, 2.75) is 32.7 Å². The van der Waals surface area contributed by atoms with Crippen molar-refractivity contribution in [2.24, 2.45) is 0 Å². The van der Waals surface area contributed by atoms with Crippen molar-refractivity contribution in [3.05, 3.63) is 60.0 Å². The molecule has 0 aliphatic carbocycles. The summed E-state index contributed by atoms with van der Waals surface area (Å²) in [5.41, 5.74) is 4.63. The van der Waals surface area contributed by atoms with Gasteiger partial charge < -0.3 is 14.6 Å². The first-order valence-corrected chi connectivity index (χ1v) is 9.21. The van der Waals surface area contributed by atoms with Gasteiger partial charge in [0.1, 0.15) is 6.04 Å². The Balaban J connectivity index is 1.47. The largest absolute Gasteiger partial charge is 0.418 e. The molecule has 5 nitrogen and oxygen atoms in total. The number of aryl methyl sites for hydroxylation is 1. The molecule has 5 heteroatoms. The summed E-state index contributed by atoms with van der Waals surface area (Å²) in [5, 5.41) is 11.8. The Morgan fingerprint density at radius 1 is 1.04 bits per heavy atom. The summed E-state index contributed by atoms with van der Waals surface area (Å²) in [5.74, 6) is 1.14. The van der Waals surface area contributed by atoms with Crippen molar-refractivity contribution in [1.82, 2.24) is 10.2 Å². The van der Waals surface area contributed by atoms with E-state index in [2.05, 4.69) is 45.5 Å². The molecule has 1 aliphatic rings. The van der Waals surface area contributed by atoms with Gasteiger partial charge in [-0.25, -0.2) is 0 Å². The maximum Gasteiger partial charge on any atom is 0.247 e. The molecule has 1 saturated heterocycles. The Labute approximate surface area is 154 Å². The maximum absolute atomic E-state index is 5.85. The number of nitrogens with one attached hydrogen (secondary N) is 1. The third kappa shape index (κ3) is 3.43. The molecule has 1 fully saturated rings. The van der Waals surface area contributed by atoms with Crippen LogP contribution >= 0.6 is 0 Å². The van der Waals surface area contributed by atoms with Crippen LogP contribution in [0, 0.1) is 6.92 Å². The van der Waals surface area contributed by atoms with E-state index in [0.29, 0.717) is 11.8 Å². The van der Waals surface area contributed by atoms with E-state index in [1.807, 2.05) is 37.3 Å². The minimum absolute atomic E-state index is 0.0583. The van der Waals surface area contributed by atoms with Gasteiger partial charge in [-0.2, -0.15) is 0 Å². The number of hydrogen-bond acceptors (Lipinski definition) is 5. The molecular weight excluding hydrogens is 324 g/mol.